The molecule has 0 aliphatic heterocycles. The van der Waals surface area contributed by atoms with E-state index in [4.69, 9.17) is 9.84 Å². The molecule has 2 aromatic rings. The molecule has 6 heteroatoms. The van der Waals surface area contributed by atoms with Crippen LogP contribution < -0.4 is 10.1 Å². The molecule has 0 saturated carbocycles. The summed E-state index contributed by atoms with van der Waals surface area (Å²) < 4.78 is 5.20. The molecule has 0 radical (unpaired) electrons. The number of hydrogen-bond acceptors (Lipinski definition) is 3. The number of nitrogens with one attached hydrogen (secondary N) is 2. The van der Waals surface area contributed by atoms with E-state index in [-0.39, 0.29) is 18.7 Å². The number of H-pyrrole nitrogens is 1. The Morgan fingerprint density at radius 3 is 2.86 bits per heavy atom. The minimum Gasteiger partial charge on any atom is -0.497 e. The molecule has 0 bridgehead atoms. The quantitative estimate of drug-likeness (QED) is 0.651. The van der Waals surface area contributed by atoms with Crippen molar-refractivity contribution < 1.29 is 19.4 Å². The van der Waals surface area contributed by atoms with Gasteiger partial charge in [0.1, 0.15) is 5.75 Å². The second-order valence-corrected chi connectivity index (χ2v) is 5.10. The molecule has 1 aromatic heterocycles. The van der Waals surface area contributed by atoms with Crippen LogP contribution in [0.1, 0.15) is 24.8 Å². The third-order valence-corrected chi connectivity index (χ3v) is 3.47. The Hall–Kier alpha value is -2.50. The summed E-state index contributed by atoms with van der Waals surface area (Å²) in [4.78, 5) is 25.4. The van der Waals surface area contributed by atoms with Gasteiger partial charge >= 0.3 is 5.97 Å². The van der Waals surface area contributed by atoms with E-state index in [1.807, 2.05) is 24.4 Å². The number of methoxy groups -OCH3 is 1. The maximum Gasteiger partial charge on any atom is 0.303 e. The Labute approximate surface area is 128 Å². The van der Waals surface area contributed by atoms with E-state index in [0.717, 1.165) is 22.2 Å². The molecule has 1 heterocycles. The Kier molecular flexibility index (Phi) is 5.41. The molecule has 2 rings (SSSR count). The highest BCUT2D eigenvalue weighted by Gasteiger charge is 2.09. The van der Waals surface area contributed by atoms with Gasteiger partial charge in [-0.2, -0.15) is 0 Å². The first-order valence-electron chi connectivity index (χ1n) is 7.22. The van der Waals surface area contributed by atoms with E-state index >= 15 is 0 Å². The molecule has 6 nitrogen and oxygen atoms in total. The molecule has 1 aromatic carbocycles. The molecule has 3 N–H and O–H groups in total. The van der Waals surface area contributed by atoms with Crippen LogP contribution >= 0.6 is 0 Å². The molecule has 0 aliphatic carbocycles. The molecule has 0 saturated heterocycles. The number of hydrogen-bond donors (Lipinski definition) is 3. The number of carbonyl (C=O) groups excluding carboxylic acids is 1. The summed E-state index contributed by atoms with van der Waals surface area (Å²) in [5.41, 5.74) is 1.88. The van der Waals surface area contributed by atoms with Gasteiger partial charge in [0.2, 0.25) is 5.91 Å². The highest BCUT2D eigenvalue weighted by Crippen LogP contribution is 2.23. The van der Waals surface area contributed by atoms with Gasteiger partial charge in [0, 0.05) is 30.1 Å². The Balaban J connectivity index is 1.87. The van der Waals surface area contributed by atoms with Crippen LogP contribution in [0.3, 0.4) is 0 Å². The van der Waals surface area contributed by atoms with Gasteiger partial charge in [-0.15, -0.1) is 0 Å². The number of carboxylic acid groups (broad SMARTS) is 1. The molecule has 1 amide bonds. The monoisotopic (exact) mass is 304 g/mol. The smallest absolute Gasteiger partial charge is 0.303 e. The summed E-state index contributed by atoms with van der Waals surface area (Å²) in [5.74, 6) is -0.124. The third kappa shape index (κ3) is 4.25. The summed E-state index contributed by atoms with van der Waals surface area (Å²) in [6.45, 7) is 0.498. The van der Waals surface area contributed by atoms with Crippen molar-refractivity contribution in [1.29, 1.82) is 0 Å². The lowest BCUT2D eigenvalue weighted by atomic mass is 10.1. The second kappa shape index (κ2) is 7.49. The number of carboxylic acids is 1. The number of ether oxygens (including phenoxy) is 1. The fourth-order valence-electron chi connectivity index (χ4n) is 2.30. The standard InChI is InChI=1S/C16H20N2O4/c1-22-12-5-6-14-13(9-12)11(10-18-14)8-15(19)17-7-3-2-4-16(20)21/h5-6,9-10,18H,2-4,7-8H2,1H3,(H,17,19)(H,20,21). The van der Waals surface area contributed by atoms with Crippen molar-refractivity contribution in [3.05, 3.63) is 30.0 Å². The molecule has 118 valence electrons. The number of benzene rings is 1. The van der Waals surface area contributed by atoms with E-state index in [0.29, 0.717) is 19.4 Å². The zero-order valence-corrected chi connectivity index (χ0v) is 12.5. The molecule has 0 spiro atoms. The van der Waals surface area contributed by atoms with Gasteiger partial charge < -0.3 is 20.1 Å². The summed E-state index contributed by atoms with van der Waals surface area (Å²) in [6.07, 6.45) is 3.48. The van der Waals surface area contributed by atoms with Crippen molar-refractivity contribution in [3.63, 3.8) is 0 Å². The fraction of sp³-hybridized carbons (Fsp3) is 0.375. The molecule has 0 aliphatic rings. The van der Waals surface area contributed by atoms with Gasteiger partial charge in [-0.3, -0.25) is 9.59 Å². The van der Waals surface area contributed by atoms with Gasteiger partial charge in [0.05, 0.1) is 13.5 Å². The van der Waals surface area contributed by atoms with Crippen LogP contribution in [0.2, 0.25) is 0 Å². The molecule has 22 heavy (non-hydrogen) atoms. The van der Waals surface area contributed by atoms with E-state index < -0.39 is 5.97 Å². The highest BCUT2D eigenvalue weighted by atomic mass is 16.5. The number of fused-ring (bicyclic) bond motifs is 1. The maximum absolute atomic E-state index is 11.9. The topological polar surface area (TPSA) is 91.4 Å². The van der Waals surface area contributed by atoms with Crippen LogP contribution in [-0.4, -0.2) is 35.6 Å². The molecule has 0 unspecified atom stereocenters. The number of aromatic amines is 1. The Morgan fingerprint density at radius 1 is 1.32 bits per heavy atom. The summed E-state index contributed by atoms with van der Waals surface area (Å²) in [6, 6.07) is 5.69. The van der Waals surface area contributed by atoms with Gasteiger partial charge in [-0.05, 0) is 36.6 Å². The average molecular weight is 304 g/mol. The van der Waals surface area contributed by atoms with Crippen LogP contribution in [-0.2, 0) is 16.0 Å². The van der Waals surface area contributed by atoms with Crippen molar-refractivity contribution in [1.82, 2.24) is 10.3 Å². The number of amides is 1. The van der Waals surface area contributed by atoms with Gasteiger partial charge in [0.25, 0.3) is 0 Å². The predicted molar refractivity (Wildman–Crippen MR) is 83.1 cm³/mol. The lowest BCUT2D eigenvalue weighted by Gasteiger charge is -2.05. The van der Waals surface area contributed by atoms with Crippen LogP contribution in [0.15, 0.2) is 24.4 Å². The van der Waals surface area contributed by atoms with Crippen molar-refractivity contribution in [2.75, 3.05) is 13.7 Å². The van der Waals surface area contributed by atoms with E-state index in [1.165, 1.54) is 0 Å². The van der Waals surface area contributed by atoms with E-state index in [1.54, 1.807) is 7.11 Å². The van der Waals surface area contributed by atoms with Gasteiger partial charge in [-0.1, -0.05) is 0 Å². The lowest BCUT2D eigenvalue weighted by Crippen LogP contribution is -2.26. The zero-order chi connectivity index (χ0) is 15.9. The molecular weight excluding hydrogens is 284 g/mol. The lowest BCUT2D eigenvalue weighted by molar-refractivity contribution is -0.137. The SMILES string of the molecule is COc1ccc2[nH]cc(CC(=O)NCCCCC(=O)O)c2c1. The predicted octanol–water partition coefficient (Wildman–Crippen LogP) is 2.09. The van der Waals surface area contributed by atoms with Crippen molar-refractivity contribution in [2.45, 2.75) is 25.7 Å². The van der Waals surface area contributed by atoms with Crippen molar-refractivity contribution in [3.8, 4) is 5.75 Å². The zero-order valence-electron chi connectivity index (χ0n) is 12.5. The van der Waals surface area contributed by atoms with Gasteiger partial charge in [-0.25, -0.2) is 0 Å². The minimum atomic E-state index is -0.806. The molecule has 0 fully saturated rings. The number of unbranched alkanes of at least 4 members (excludes halogenated alkanes) is 1. The highest BCUT2D eigenvalue weighted by molar-refractivity contribution is 5.89. The van der Waals surface area contributed by atoms with Crippen molar-refractivity contribution >= 4 is 22.8 Å². The van der Waals surface area contributed by atoms with Crippen LogP contribution in [0, 0.1) is 0 Å². The van der Waals surface area contributed by atoms with Crippen LogP contribution in [0.5, 0.6) is 5.75 Å². The third-order valence-electron chi connectivity index (χ3n) is 3.47. The first kappa shape index (κ1) is 15.9. The first-order valence-corrected chi connectivity index (χ1v) is 7.22. The maximum atomic E-state index is 11.9. The summed E-state index contributed by atoms with van der Waals surface area (Å²) in [7, 11) is 1.61. The normalized spacial score (nSPS) is 10.6. The van der Waals surface area contributed by atoms with E-state index in [9.17, 15) is 9.59 Å². The summed E-state index contributed by atoms with van der Waals surface area (Å²) in [5, 5.41) is 12.3. The fourth-order valence-corrected chi connectivity index (χ4v) is 2.30. The largest absolute Gasteiger partial charge is 0.497 e. The number of rotatable bonds is 8. The minimum absolute atomic E-state index is 0.0703. The van der Waals surface area contributed by atoms with Crippen LogP contribution in [0.25, 0.3) is 10.9 Å². The number of aromatic nitrogens is 1. The molecular formula is C16H20N2O4. The van der Waals surface area contributed by atoms with E-state index in [2.05, 4.69) is 10.3 Å². The van der Waals surface area contributed by atoms with Crippen molar-refractivity contribution in [2.24, 2.45) is 0 Å². The second-order valence-electron chi connectivity index (χ2n) is 5.10. The molecule has 0 atom stereocenters. The first-order chi connectivity index (χ1) is 10.6. The number of aliphatic carboxylic acids is 1. The summed E-state index contributed by atoms with van der Waals surface area (Å²) >= 11 is 0. The average Bonchev–Trinajstić information content (AvgIpc) is 2.88. The van der Waals surface area contributed by atoms with Gasteiger partial charge in [0.15, 0.2) is 0 Å². The Bertz CT molecular complexity index is 663. The van der Waals surface area contributed by atoms with Crippen LogP contribution in [0.4, 0.5) is 0 Å². The Morgan fingerprint density at radius 2 is 2.14 bits per heavy atom. The number of carbonyl (C=O) groups is 2.